The summed E-state index contributed by atoms with van der Waals surface area (Å²) in [4.78, 5) is 13.5. The van der Waals surface area contributed by atoms with Gasteiger partial charge in [0.2, 0.25) is 0 Å². The van der Waals surface area contributed by atoms with Crippen LogP contribution in [0.4, 0.5) is 8.78 Å². The van der Waals surface area contributed by atoms with Crippen molar-refractivity contribution in [2.24, 2.45) is 0 Å². The summed E-state index contributed by atoms with van der Waals surface area (Å²) in [5.41, 5.74) is 0.565. The molecule has 0 saturated heterocycles. The lowest BCUT2D eigenvalue weighted by atomic mass is 9.87. The van der Waals surface area contributed by atoms with Gasteiger partial charge in [0.25, 0.3) is 0 Å². The highest BCUT2D eigenvalue weighted by Crippen LogP contribution is 2.52. The molecule has 0 amide bonds. The third kappa shape index (κ3) is 4.38. The molecule has 2 heterocycles. The molecule has 2 aliphatic rings. The van der Waals surface area contributed by atoms with E-state index in [0.29, 0.717) is 35.0 Å². The highest BCUT2D eigenvalue weighted by Gasteiger charge is 2.51. The molecule has 0 radical (unpaired) electrons. The van der Waals surface area contributed by atoms with Crippen molar-refractivity contribution in [3.05, 3.63) is 71.7 Å². The number of fused-ring (bicyclic) bond motifs is 2. The molecule has 202 valence electrons. The van der Waals surface area contributed by atoms with Crippen molar-refractivity contribution >= 4 is 16.7 Å². The van der Waals surface area contributed by atoms with Gasteiger partial charge in [-0.05, 0) is 54.3 Å². The molecule has 2 unspecified atom stereocenters. The van der Waals surface area contributed by atoms with Gasteiger partial charge in [0.15, 0.2) is 11.5 Å². The normalized spacial score (nSPS) is 20.5. The number of hydrogen-bond donors (Lipinski definition) is 3. The van der Waals surface area contributed by atoms with E-state index in [4.69, 9.17) is 9.47 Å². The van der Waals surface area contributed by atoms with E-state index in [1.807, 2.05) is 19.9 Å². The molecule has 9 heteroatoms. The van der Waals surface area contributed by atoms with Crippen LogP contribution < -0.4 is 9.47 Å². The molecular formula is C29H31F2NO6. The Bertz CT molecular complexity index is 1430. The molecule has 5 rings (SSSR count). The number of carbonyl (C=O) groups excluding carboxylic acids is 1. The van der Waals surface area contributed by atoms with Gasteiger partial charge < -0.3 is 29.4 Å². The minimum absolute atomic E-state index is 0.0235. The van der Waals surface area contributed by atoms with E-state index in [9.17, 15) is 24.5 Å². The van der Waals surface area contributed by atoms with Crippen molar-refractivity contribution in [3.63, 3.8) is 0 Å². The summed E-state index contributed by atoms with van der Waals surface area (Å²) < 4.78 is 41.8. The fourth-order valence-electron chi connectivity index (χ4n) is 5.14. The number of alkyl halides is 1. The van der Waals surface area contributed by atoms with Crippen LogP contribution in [0.5, 0.6) is 11.5 Å². The third-order valence-electron chi connectivity index (χ3n) is 7.64. The number of hydrogen-bond acceptors (Lipinski definition) is 6. The molecule has 1 aromatic heterocycles. The van der Waals surface area contributed by atoms with E-state index >= 15 is 4.39 Å². The fourth-order valence-corrected chi connectivity index (χ4v) is 5.14. The van der Waals surface area contributed by atoms with Crippen molar-refractivity contribution in [1.82, 2.24) is 4.57 Å². The first-order valence-electron chi connectivity index (χ1n) is 12.6. The summed E-state index contributed by atoms with van der Waals surface area (Å²) in [5.74, 6) is -0.321. The minimum Gasteiger partial charge on any atom is -0.419 e. The number of aromatic nitrogens is 1. The molecule has 2 aromatic carbocycles. The maximum Gasteiger partial charge on any atom is 0.429 e. The molecule has 2 atom stereocenters. The van der Waals surface area contributed by atoms with Crippen LogP contribution in [0.3, 0.4) is 0 Å². The van der Waals surface area contributed by atoms with E-state index in [0.717, 1.165) is 6.08 Å². The average Bonchev–Trinajstić information content (AvgIpc) is 3.54. The first-order chi connectivity index (χ1) is 17.9. The highest BCUT2D eigenvalue weighted by atomic mass is 19.2. The first-order valence-corrected chi connectivity index (χ1v) is 12.6. The van der Waals surface area contributed by atoms with Gasteiger partial charge in [-0.2, -0.15) is 4.39 Å². The zero-order valence-electron chi connectivity index (χ0n) is 21.3. The minimum atomic E-state index is -2.45. The van der Waals surface area contributed by atoms with E-state index in [1.165, 1.54) is 6.07 Å². The molecule has 1 fully saturated rings. The lowest BCUT2D eigenvalue weighted by molar-refractivity contribution is -0.146. The van der Waals surface area contributed by atoms with Crippen molar-refractivity contribution in [2.45, 2.75) is 62.6 Å². The van der Waals surface area contributed by atoms with Gasteiger partial charge in [-0.15, -0.1) is 0 Å². The number of halogens is 2. The van der Waals surface area contributed by atoms with Crippen molar-refractivity contribution in [2.75, 3.05) is 13.2 Å². The van der Waals surface area contributed by atoms with Crippen LogP contribution in [0.2, 0.25) is 0 Å². The van der Waals surface area contributed by atoms with Crippen molar-refractivity contribution in [1.29, 1.82) is 0 Å². The highest BCUT2D eigenvalue weighted by molar-refractivity contribution is 5.95. The largest absolute Gasteiger partial charge is 0.429 e. The van der Waals surface area contributed by atoms with Gasteiger partial charge in [-0.3, -0.25) is 4.79 Å². The maximum atomic E-state index is 15.4. The molecule has 3 N–H and O–H groups in total. The Balaban J connectivity index is 1.46. The molecule has 1 aliphatic carbocycles. The second-order valence-electron chi connectivity index (χ2n) is 10.9. The summed E-state index contributed by atoms with van der Waals surface area (Å²) in [6, 6.07) is 7.18. The lowest BCUT2D eigenvalue weighted by Gasteiger charge is -2.25. The van der Waals surface area contributed by atoms with Crippen LogP contribution in [0.25, 0.3) is 10.9 Å². The monoisotopic (exact) mass is 527 g/mol. The maximum absolute atomic E-state index is 15.4. The molecule has 38 heavy (non-hydrogen) atoms. The molecule has 3 aromatic rings. The Kier molecular flexibility index (Phi) is 6.37. The Hall–Kier alpha value is -3.27. The van der Waals surface area contributed by atoms with Crippen molar-refractivity contribution in [3.8, 4) is 11.5 Å². The molecule has 0 bridgehead atoms. The molecule has 7 nitrogen and oxygen atoms in total. The van der Waals surface area contributed by atoms with Gasteiger partial charge >= 0.3 is 6.04 Å². The Labute approximate surface area is 218 Å². The number of benzene rings is 2. The predicted molar refractivity (Wildman–Crippen MR) is 136 cm³/mol. The van der Waals surface area contributed by atoms with Gasteiger partial charge in [-0.25, -0.2) is 4.39 Å². The van der Waals surface area contributed by atoms with Crippen molar-refractivity contribution < 1.29 is 38.4 Å². The standard InChI is InChI=1S/C29H31F2NO6/c1-4-29(31)37-23-6-5-19(12-24(23)38-29)28(7-8-28)26(36)11-17-9-18-10-25(27(2,3)16-34)32(14-20(35)15-33)22(18)13-21(17)30/h4-6,9-10,12-13,20,33-35H,1,7-8,11,14-16H2,2-3H3. The SMILES string of the molecule is C=CC1(F)Oc2ccc(C3(C(=O)Cc4cc5cc(C(C)(C)CO)n(CC(O)CO)c5cc4F)CC3)cc2O1. The van der Waals surface area contributed by atoms with Crippen LogP contribution in [0.15, 0.2) is 49.1 Å². The predicted octanol–water partition coefficient (Wildman–Crippen LogP) is 3.83. The number of ketones is 1. The van der Waals surface area contributed by atoms with Gasteiger partial charge in [0.05, 0.1) is 36.8 Å². The number of rotatable bonds is 10. The summed E-state index contributed by atoms with van der Waals surface area (Å²) in [5, 5.41) is 30.0. The third-order valence-corrected chi connectivity index (χ3v) is 7.64. The number of nitrogens with zero attached hydrogens (tertiary/aromatic N) is 1. The molecule has 1 saturated carbocycles. The molecular weight excluding hydrogens is 496 g/mol. The number of aliphatic hydroxyl groups is 3. The smallest absolute Gasteiger partial charge is 0.419 e. The van der Waals surface area contributed by atoms with Gasteiger partial charge in [0.1, 0.15) is 11.6 Å². The molecule has 0 spiro atoms. The second kappa shape index (κ2) is 9.18. The zero-order valence-corrected chi connectivity index (χ0v) is 21.3. The van der Waals surface area contributed by atoms with Crippen LogP contribution in [-0.2, 0) is 28.6 Å². The summed E-state index contributed by atoms with van der Waals surface area (Å²) in [6.07, 6.45) is 0.880. The summed E-state index contributed by atoms with van der Waals surface area (Å²) >= 11 is 0. The topological polar surface area (TPSA) is 101 Å². The zero-order chi connectivity index (χ0) is 27.5. The Morgan fingerprint density at radius 2 is 1.89 bits per heavy atom. The van der Waals surface area contributed by atoms with E-state index in [1.54, 1.807) is 28.8 Å². The van der Waals surface area contributed by atoms with E-state index in [-0.39, 0.29) is 42.4 Å². The number of aliphatic hydroxyl groups excluding tert-OH is 3. The number of carbonyl (C=O) groups is 1. The Morgan fingerprint density at radius 1 is 1.18 bits per heavy atom. The van der Waals surface area contributed by atoms with Crippen LogP contribution in [-0.4, -0.2) is 51.0 Å². The van der Waals surface area contributed by atoms with Gasteiger partial charge in [-0.1, -0.05) is 26.5 Å². The fraction of sp³-hybridized carbons (Fsp3) is 0.414. The average molecular weight is 528 g/mol. The van der Waals surface area contributed by atoms with Crippen LogP contribution in [0.1, 0.15) is 43.5 Å². The van der Waals surface area contributed by atoms with Crippen LogP contribution in [0, 0.1) is 5.82 Å². The quantitative estimate of drug-likeness (QED) is 0.347. The van der Waals surface area contributed by atoms with Crippen LogP contribution >= 0.6 is 0 Å². The molecule has 1 aliphatic heterocycles. The first kappa shape index (κ1) is 26.3. The van der Waals surface area contributed by atoms with E-state index < -0.39 is 35.4 Å². The number of Topliss-reactive ketones (excluding diaryl/α,β-unsaturated/α-hetero) is 1. The van der Waals surface area contributed by atoms with Gasteiger partial charge in [0, 0.05) is 29.0 Å². The summed E-state index contributed by atoms with van der Waals surface area (Å²) in [6.45, 7) is 6.41. The number of ether oxygens (including phenoxy) is 2. The lowest BCUT2D eigenvalue weighted by Crippen LogP contribution is -2.29. The Morgan fingerprint density at radius 3 is 2.53 bits per heavy atom. The summed E-state index contributed by atoms with van der Waals surface area (Å²) in [7, 11) is 0. The second-order valence-corrected chi connectivity index (χ2v) is 10.9. The van der Waals surface area contributed by atoms with E-state index in [2.05, 4.69) is 6.58 Å².